The van der Waals surface area contributed by atoms with Crippen molar-refractivity contribution in [3.63, 3.8) is 0 Å². The Morgan fingerprint density at radius 2 is 2.10 bits per heavy atom. The van der Waals surface area contributed by atoms with E-state index in [1.807, 2.05) is 25.1 Å². The standard InChI is InChI=1S/C16H27N3O2/c1-5-14(11-21-4)18-16(20)19-15-9-7-8-13(10-15)12(3)17-6-2/h7-10,12,14,17H,5-6,11H2,1-4H3,(H2,18,19,20). The molecule has 1 aromatic rings. The van der Waals surface area contributed by atoms with Crippen molar-refractivity contribution in [1.29, 1.82) is 0 Å². The van der Waals surface area contributed by atoms with Crippen LogP contribution in [0.1, 0.15) is 38.8 Å². The molecule has 3 N–H and O–H groups in total. The van der Waals surface area contributed by atoms with Crippen molar-refractivity contribution in [3.05, 3.63) is 29.8 Å². The van der Waals surface area contributed by atoms with Crippen LogP contribution in [0.3, 0.4) is 0 Å². The number of carbonyl (C=O) groups excluding carboxylic acids is 1. The number of amides is 2. The van der Waals surface area contributed by atoms with E-state index in [9.17, 15) is 4.79 Å². The Hall–Kier alpha value is -1.59. The summed E-state index contributed by atoms with van der Waals surface area (Å²) >= 11 is 0. The van der Waals surface area contributed by atoms with E-state index in [0.29, 0.717) is 6.61 Å². The van der Waals surface area contributed by atoms with Crippen LogP contribution in [0.2, 0.25) is 0 Å². The second-order valence-corrected chi connectivity index (χ2v) is 5.06. The lowest BCUT2D eigenvalue weighted by Crippen LogP contribution is -2.40. The first kappa shape index (κ1) is 17.5. The van der Waals surface area contributed by atoms with Crippen LogP contribution in [0.25, 0.3) is 0 Å². The summed E-state index contributed by atoms with van der Waals surface area (Å²) in [6, 6.07) is 7.97. The summed E-state index contributed by atoms with van der Waals surface area (Å²) in [7, 11) is 1.63. The summed E-state index contributed by atoms with van der Waals surface area (Å²) in [5.41, 5.74) is 1.95. The van der Waals surface area contributed by atoms with Gasteiger partial charge in [-0.15, -0.1) is 0 Å². The van der Waals surface area contributed by atoms with Crippen molar-refractivity contribution < 1.29 is 9.53 Å². The minimum absolute atomic E-state index is 0.0267. The molecule has 0 aliphatic carbocycles. The van der Waals surface area contributed by atoms with E-state index in [1.165, 1.54) is 0 Å². The second-order valence-electron chi connectivity index (χ2n) is 5.06. The molecule has 1 rings (SSSR count). The minimum atomic E-state index is -0.202. The topological polar surface area (TPSA) is 62.4 Å². The van der Waals surface area contributed by atoms with Crippen molar-refractivity contribution in [2.24, 2.45) is 0 Å². The van der Waals surface area contributed by atoms with Gasteiger partial charge in [-0.25, -0.2) is 4.79 Å². The molecular formula is C16H27N3O2. The van der Waals surface area contributed by atoms with Crippen LogP contribution >= 0.6 is 0 Å². The van der Waals surface area contributed by atoms with Crippen LogP contribution in [-0.4, -0.2) is 32.3 Å². The molecule has 0 saturated carbocycles. The first-order chi connectivity index (χ1) is 10.1. The lowest BCUT2D eigenvalue weighted by atomic mass is 10.1. The van der Waals surface area contributed by atoms with Gasteiger partial charge in [0.2, 0.25) is 0 Å². The third-order valence-corrected chi connectivity index (χ3v) is 3.35. The molecule has 0 saturated heterocycles. The van der Waals surface area contributed by atoms with Crippen LogP contribution < -0.4 is 16.0 Å². The first-order valence-corrected chi connectivity index (χ1v) is 7.50. The summed E-state index contributed by atoms with van der Waals surface area (Å²) in [4.78, 5) is 12.0. The molecule has 118 valence electrons. The van der Waals surface area contributed by atoms with Crippen LogP contribution in [0.5, 0.6) is 0 Å². The average molecular weight is 293 g/mol. The van der Waals surface area contributed by atoms with Gasteiger partial charge in [0, 0.05) is 18.8 Å². The van der Waals surface area contributed by atoms with Gasteiger partial charge in [-0.2, -0.15) is 0 Å². The Bertz CT molecular complexity index is 437. The highest BCUT2D eigenvalue weighted by atomic mass is 16.5. The van der Waals surface area contributed by atoms with Gasteiger partial charge < -0.3 is 20.7 Å². The zero-order valence-corrected chi connectivity index (χ0v) is 13.4. The first-order valence-electron chi connectivity index (χ1n) is 7.50. The van der Waals surface area contributed by atoms with Gasteiger partial charge in [0.1, 0.15) is 0 Å². The van der Waals surface area contributed by atoms with Crippen molar-refractivity contribution >= 4 is 11.7 Å². The fourth-order valence-electron chi connectivity index (χ4n) is 2.13. The maximum atomic E-state index is 12.0. The molecule has 0 aliphatic heterocycles. The SMILES string of the molecule is CCNC(C)c1cccc(NC(=O)NC(CC)COC)c1. The Kier molecular flexibility index (Phi) is 7.79. The number of anilines is 1. The van der Waals surface area contributed by atoms with Gasteiger partial charge in [-0.1, -0.05) is 26.0 Å². The Morgan fingerprint density at radius 1 is 1.33 bits per heavy atom. The van der Waals surface area contributed by atoms with Crippen LogP contribution in [0, 0.1) is 0 Å². The minimum Gasteiger partial charge on any atom is -0.383 e. The van der Waals surface area contributed by atoms with Gasteiger partial charge in [-0.3, -0.25) is 0 Å². The van der Waals surface area contributed by atoms with Crippen LogP contribution in [0.15, 0.2) is 24.3 Å². The molecule has 0 heterocycles. The number of rotatable bonds is 8. The fraction of sp³-hybridized carbons (Fsp3) is 0.562. The molecule has 0 bridgehead atoms. The summed E-state index contributed by atoms with van der Waals surface area (Å²) in [6.07, 6.45) is 0.832. The Labute approximate surface area is 127 Å². The van der Waals surface area contributed by atoms with Crippen LogP contribution in [-0.2, 0) is 4.74 Å². The molecule has 1 aromatic carbocycles. The number of hydrogen-bond acceptors (Lipinski definition) is 3. The summed E-state index contributed by atoms with van der Waals surface area (Å²) in [5, 5.41) is 9.12. The quantitative estimate of drug-likeness (QED) is 0.690. The van der Waals surface area contributed by atoms with E-state index in [0.717, 1.165) is 24.2 Å². The predicted molar refractivity (Wildman–Crippen MR) is 86.6 cm³/mol. The van der Waals surface area contributed by atoms with E-state index in [1.54, 1.807) is 7.11 Å². The molecular weight excluding hydrogens is 266 g/mol. The summed E-state index contributed by atoms with van der Waals surface area (Å²) in [6.45, 7) is 7.62. The number of methoxy groups -OCH3 is 1. The monoisotopic (exact) mass is 293 g/mol. The molecule has 2 amide bonds. The molecule has 2 atom stereocenters. The zero-order chi connectivity index (χ0) is 15.7. The number of nitrogens with one attached hydrogen (secondary N) is 3. The van der Waals surface area contributed by atoms with Gasteiger partial charge in [0.15, 0.2) is 0 Å². The van der Waals surface area contributed by atoms with E-state index >= 15 is 0 Å². The lowest BCUT2D eigenvalue weighted by Gasteiger charge is -2.17. The smallest absolute Gasteiger partial charge is 0.319 e. The van der Waals surface area contributed by atoms with Crippen molar-refractivity contribution in [2.45, 2.75) is 39.3 Å². The summed E-state index contributed by atoms with van der Waals surface area (Å²) in [5.74, 6) is 0. The van der Waals surface area contributed by atoms with Crippen molar-refractivity contribution in [3.8, 4) is 0 Å². The average Bonchev–Trinajstić information content (AvgIpc) is 2.47. The molecule has 0 spiro atoms. The normalized spacial score (nSPS) is 13.5. The number of carbonyl (C=O) groups is 1. The van der Waals surface area contributed by atoms with Crippen molar-refractivity contribution in [2.75, 3.05) is 25.6 Å². The highest BCUT2D eigenvalue weighted by molar-refractivity contribution is 5.89. The molecule has 0 fully saturated rings. The number of urea groups is 1. The maximum absolute atomic E-state index is 12.0. The maximum Gasteiger partial charge on any atom is 0.319 e. The zero-order valence-electron chi connectivity index (χ0n) is 13.4. The predicted octanol–water partition coefficient (Wildman–Crippen LogP) is 2.90. The second kappa shape index (κ2) is 9.37. The lowest BCUT2D eigenvalue weighted by molar-refractivity contribution is 0.165. The Balaban J connectivity index is 2.61. The van der Waals surface area contributed by atoms with E-state index in [4.69, 9.17) is 4.74 Å². The van der Waals surface area contributed by atoms with Crippen LogP contribution in [0.4, 0.5) is 10.5 Å². The molecule has 5 nitrogen and oxygen atoms in total. The summed E-state index contributed by atoms with van der Waals surface area (Å²) < 4.78 is 5.07. The largest absolute Gasteiger partial charge is 0.383 e. The fourth-order valence-corrected chi connectivity index (χ4v) is 2.13. The molecule has 0 aromatic heterocycles. The number of ether oxygens (including phenoxy) is 1. The number of benzene rings is 1. The Morgan fingerprint density at radius 3 is 2.71 bits per heavy atom. The van der Waals surface area contributed by atoms with E-state index < -0.39 is 0 Å². The van der Waals surface area contributed by atoms with E-state index in [2.05, 4.69) is 35.9 Å². The van der Waals surface area contributed by atoms with E-state index in [-0.39, 0.29) is 18.1 Å². The molecule has 5 heteroatoms. The van der Waals surface area contributed by atoms with Crippen molar-refractivity contribution in [1.82, 2.24) is 10.6 Å². The highest BCUT2D eigenvalue weighted by Gasteiger charge is 2.11. The third-order valence-electron chi connectivity index (χ3n) is 3.35. The van der Waals surface area contributed by atoms with Gasteiger partial charge in [0.25, 0.3) is 0 Å². The van der Waals surface area contributed by atoms with Gasteiger partial charge in [0.05, 0.1) is 12.6 Å². The molecule has 21 heavy (non-hydrogen) atoms. The van der Waals surface area contributed by atoms with Gasteiger partial charge >= 0.3 is 6.03 Å². The molecule has 0 aliphatic rings. The highest BCUT2D eigenvalue weighted by Crippen LogP contribution is 2.17. The molecule has 2 unspecified atom stereocenters. The van der Waals surface area contributed by atoms with Gasteiger partial charge in [-0.05, 0) is 37.6 Å². The number of hydrogen-bond donors (Lipinski definition) is 3. The molecule has 0 radical (unpaired) electrons. The third kappa shape index (κ3) is 6.14.